The second-order valence-electron chi connectivity index (χ2n) is 4.87. The molecule has 1 N–H and O–H groups in total. The van der Waals surface area contributed by atoms with Gasteiger partial charge in [0.05, 0.1) is 17.6 Å². The van der Waals surface area contributed by atoms with Crippen LogP contribution < -0.4 is 4.72 Å². The van der Waals surface area contributed by atoms with Crippen molar-refractivity contribution >= 4 is 15.8 Å². The lowest BCUT2D eigenvalue weighted by molar-refractivity contribution is 0.600. The van der Waals surface area contributed by atoms with Crippen LogP contribution in [0.4, 0.5) is 5.82 Å². The zero-order chi connectivity index (χ0) is 15.7. The zero-order valence-electron chi connectivity index (χ0n) is 12.1. The molecule has 1 aromatic carbocycles. The maximum absolute atomic E-state index is 12.4. The molecule has 8 heteroatoms. The number of aryl methyl sites for hydroxylation is 2. The SMILES string of the molecule is Cc1cc(NS(=O)(=O)c2cnn(C)c2)n(-c2ccccc2)n1. The fraction of sp³-hybridized carbons (Fsp3) is 0.143. The van der Waals surface area contributed by atoms with Crippen molar-refractivity contribution in [2.75, 3.05) is 4.72 Å². The number of rotatable bonds is 4. The molecule has 0 aliphatic rings. The van der Waals surface area contributed by atoms with E-state index in [0.717, 1.165) is 5.69 Å². The number of sulfonamides is 1. The number of nitrogens with one attached hydrogen (secondary N) is 1. The number of anilines is 1. The predicted molar refractivity (Wildman–Crippen MR) is 82.3 cm³/mol. The first-order valence-electron chi connectivity index (χ1n) is 6.59. The Morgan fingerprint density at radius 1 is 1.18 bits per heavy atom. The molecule has 22 heavy (non-hydrogen) atoms. The van der Waals surface area contributed by atoms with Gasteiger partial charge in [0, 0.05) is 19.3 Å². The lowest BCUT2D eigenvalue weighted by Crippen LogP contribution is -2.15. The van der Waals surface area contributed by atoms with Crippen LogP contribution in [-0.2, 0) is 17.1 Å². The Kier molecular flexibility index (Phi) is 3.45. The van der Waals surface area contributed by atoms with Gasteiger partial charge in [-0.15, -0.1) is 0 Å². The van der Waals surface area contributed by atoms with E-state index in [0.29, 0.717) is 11.5 Å². The maximum atomic E-state index is 12.4. The van der Waals surface area contributed by atoms with Gasteiger partial charge in [-0.05, 0) is 19.1 Å². The fourth-order valence-electron chi connectivity index (χ4n) is 2.07. The normalized spacial score (nSPS) is 11.5. The molecule has 114 valence electrons. The molecular weight excluding hydrogens is 302 g/mol. The van der Waals surface area contributed by atoms with Crippen molar-refractivity contribution in [3.63, 3.8) is 0 Å². The minimum absolute atomic E-state index is 0.105. The van der Waals surface area contributed by atoms with Crippen molar-refractivity contribution in [1.29, 1.82) is 0 Å². The number of hydrogen-bond donors (Lipinski definition) is 1. The highest BCUT2D eigenvalue weighted by Crippen LogP contribution is 2.20. The average molecular weight is 317 g/mol. The summed E-state index contributed by atoms with van der Waals surface area (Å²) in [6.07, 6.45) is 2.75. The van der Waals surface area contributed by atoms with E-state index < -0.39 is 10.0 Å². The van der Waals surface area contributed by atoms with Crippen LogP contribution in [-0.4, -0.2) is 28.0 Å². The van der Waals surface area contributed by atoms with Gasteiger partial charge in [0.15, 0.2) is 0 Å². The number of aromatic nitrogens is 4. The first kappa shape index (κ1) is 14.3. The van der Waals surface area contributed by atoms with Crippen LogP contribution in [0, 0.1) is 6.92 Å². The Hall–Kier alpha value is -2.61. The minimum Gasteiger partial charge on any atom is -0.274 e. The first-order chi connectivity index (χ1) is 10.5. The summed E-state index contributed by atoms with van der Waals surface area (Å²) in [5, 5.41) is 8.22. The molecule has 0 amide bonds. The monoisotopic (exact) mass is 317 g/mol. The number of benzene rings is 1. The molecule has 0 fully saturated rings. The van der Waals surface area contributed by atoms with Crippen LogP contribution >= 0.6 is 0 Å². The third-order valence-electron chi connectivity index (χ3n) is 3.06. The Balaban J connectivity index is 2.00. The van der Waals surface area contributed by atoms with Crippen molar-refractivity contribution in [3.05, 3.63) is 54.5 Å². The van der Waals surface area contributed by atoms with E-state index >= 15 is 0 Å². The lowest BCUT2D eigenvalue weighted by atomic mass is 10.3. The van der Waals surface area contributed by atoms with E-state index in [9.17, 15) is 8.42 Å². The summed E-state index contributed by atoms with van der Waals surface area (Å²) < 4.78 is 30.4. The van der Waals surface area contributed by atoms with Gasteiger partial charge in [-0.3, -0.25) is 9.40 Å². The summed E-state index contributed by atoms with van der Waals surface area (Å²) in [6, 6.07) is 11.0. The van der Waals surface area contributed by atoms with Crippen molar-refractivity contribution < 1.29 is 8.42 Å². The molecule has 0 bridgehead atoms. The van der Waals surface area contributed by atoms with Crippen LogP contribution in [0.2, 0.25) is 0 Å². The second-order valence-corrected chi connectivity index (χ2v) is 6.56. The number of para-hydroxylation sites is 1. The van der Waals surface area contributed by atoms with E-state index in [4.69, 9.17) is 0 Å². The van der Waals surface area contributed by atoms with E-state index in [1.807, 2.05) is 30.3 Å². The molecule has 0 atom stereocenters. The standard InChI is InChI=1S/C14H15N5O2S/c1-11-8-14(19(16-11)12-6-4-3-5-7-12)17-22(20,21)13-9-15-18(2)10-13/h3-10,17H,1-2H3. The zero-order valence-corrected chi connectivity index (χ0v) is 12.9. The summed E-state index contributed by atoms with van der Waals surface area (Å²) in [5.74, 6) is 0.382. The van der Waals surface area contributed by atoms with E-state index in [1.165, 1.54) is 17.1 Å². The third-order valence-corrected chi connectivity index (χ3v) is 4.37. The summed E-state index contributed by atoms with van der Waals surface area (Å²) in [7, 11) is -2.04. The van der Waals surface area contributed by atoms with Crippen LogP contribution in [0.3, 0.4) is 0 Å². The first-order valence-corrected chi connectivity index (χ1v) is 8.07. The van der Waals surface area contributed by atoms with Crippen molar-refractivity contribution in [1.82, 2.24) is 19.6 Å². The predicted octanol–water partition coefficient (Wildman–Crippen LogP) is 1.72. The molecule has 2 heterocycles. The Morgan fingerprint density at radius 2 is 1.91 bits per heavy atom. The molecule has 0 aliphatic heterocycles. The van der Waals surface area contributed by atoms with Gasteiger partial charge < -0.3 is 0 Å². The van der Waals surface area contributed by atoms with Gasteiger partial charge >= 0.3 is 0 Å². The highest BCUT2D eigenvalue weighted by Gasteiger charge is 2.19. The summed E-state index contributed by atoms with van der Waals surface area (Å²) in [5.41, 5.74) is 1.49. The lowest BCUT2D eigenvalue weighted by Gasteiger charge is -2.09. The number of nitrogens with zero attached hydrogens (tertiary/aromatic N) is 4. The summed E-state index contributed by atoms with van der Waals surface area (Å²) >= 11 is 0. The molecule has 2 aromatic heterocycles. The summed E-state index contributed by atoms with van der Waals surface area (Å²) in [4.78, 5) is 0.105. The number of hydrogen-bond acceptors (Lipinski definition) is 4. The van der Waals surface area contributed by atoms with Crippen LogP contribution in [0.15, 0.2) is 53.7 Å². The van der Waals surface area contributed by atoms with Crippen LogP contribution in [0.5, 0.6) is 0 Å². The molecule has 0 saturated carbocycles. The summed E-state index contributed by atoms with van der Waals surface area (Å²) in [6.45, 7) is 1.81. The molecule has 0 unspecified atom stereocenters. The highest BCUT2D eigenvalue weighted by atomic mass is 32.2. The maximum Gasteiger partial charge on any atom is 0.266 e. The molecule has 0 radical (unpaired) electrons. The molecule has 0 saturated heterocycles. The Bertz CT molecular complexity index is 896. The van der Waals surface area contributed by atoms with Gasteiger partial charge in [-0.25, -0.2) is 13.1 Å². The van der Waals surface area contributed by atoms with Gasteiger partial charge in [0.2, 0.25) is 0 Å². The van der Waals surface area contributed by atoms with Gasteiger partial charge in [-0.2, -0.15) is 10.2 Å². The topological polar surface area (TPSA) is 81.8 Å². The van der Waals surface area contributed by atoms with Crippen LogP contribution in [0.25, 0.3) is 5.69 Å². The van der Waals surface area contributed by atoms with Gasteiger partial charge in [-0.1, -0.05) is 18.2 Å². The molecule has 0 aliphatic carbocycles. The quantitative estimate of drug-likeness (QED) is 0.794. The van der Waals surface area contributed by atoms with E-state index in [-0.39, 0.29) is 4.90 Å². The van der Waals surface area contributed by atoms with Crippen molar-refractivity contribution in [3.8, 4) is 5.69 Å². The molecular formula is C14H15N5O2S. The highest BCUT2D eigenvalue weighted by molar-refractivity contribution is 7.92. The van der Waals surface area contributed by atoms with E-state index in [2.05, 4.69) is 14.9 Å². The Morgan fingerprint density at radius 3 is 2.55 bits per heavy atom. The molecule has 3 rings (SSSR count). The van der Waals surface area contributed by atoms with E-state index in [1.54, 1.807) is 24.7 Å². The molecule has 7 nitrogen and oxygen atoms in total. The van der Waals surface area contributed by atoms with Gasteiger partial charge in [0.25, 0.3) is 10.0 Å². The smallest absolute Gasteiger partial charge is 0.266 e. The fourth-order valence-corrected chi connectivity index (χ4v) is 3.09. The third kappa shape index (κ3) is 2.73. The average Bonchev–Trinajstić information content (AvgIpc) is 3.06. The van der Waals surface area contributed by atoms with Crippen molar-refractivity contribution in [2.45, 2.75) is 11.8 Å². The molecule has 3 aromatic rings. The largest absolute Gasteiger partial charge is 0.274 e. The Labute approximate surface area is 128 Å². The van der Waals surface area contributed by atoms with Crippen molar-refractivity contribution in [2.24, 2.45) is 7.05 Å². The van der Waals surface area contributed by atoms with Gasteiger partial charge in [0.1, 0.15) is 10.7 Å². The van der Waals surface area contributed by atoms with Crippen LogP contribution in [0.1, 0.15) is 5.69 Å². The second kappa shape index (κ2) is 5.30. The molecule has 0 spiro atoms. The minimum atomic E-state index is -3.70.